The number of fused-ring (bicyclic) bond motifs is 1. The number of aryl methyl sites for hydroxylation is 1. The van der Waals surface area contributed by atoms with Crippen LogP contribution in [0.5, 0.6) is 5.75 Å². The van der Waals surface area contributed by atoms with Crippen LogP contribution < -0.4 is 10.4 Å². The van der Waals surface area contributed by atoms with Gasteiger partial charge in [-0.25, -0.2) is 9.59 Å². The zero-order chi connectivity index (χ0) is 19.6. The molecule has 5 heteroatoms. The van der Waals surface area contributed by atoms with Crippen LogP contribution in [0.2, 0.25) is 0 Å². The number of esters is 1. The van der Waals surface area contributed by atoms with Crippen molar-refractivity contribution >= 4 is 16.9 Å². The highest BCUT2D eigenvalue weighted by Gasteiger charge is 2.33. The molecule has 5 nitrogen and oxygen atoms in total. The summed E-state index contributed by atoms with van der Waals surface area (Å²) < 4.78 is 16.5. The lowest BCUT2D eigenvalue weighted by Crippen LogP contribution is -2.36. The molecule has 0 amide bonds. The molecule has 0 bridgehead atoms. The summed E-state index contributed by atoms with van der Waals surface area (Å²) in [5.41, 5.74) is 0.896. The summed E-state index contributed by atoms with van der Waals surface area (Å²) in [7, 11) is 0. The van der Waals surface area contributed by atoms with Gasteiger partial charge in [-0.2, -0.15) is 0 Å². The van der Waals surface area contributed by atoms with Gasteiger partial charge in [0.25, 0.3) is 0 Å². The minimum atomic E-state index is -0.400. The average Bonchev–Trinajstić information content (AvgIpc) is 2.59. The average molecular weight is 372 g/mol. The second kappa shape index (κ2) is 8.15. The van der Waals surface area contributed by atoms with Crippen molar-refractivity contribution in [3.63, 3.8) is 0 Å². The highest BCUT2D eigenvalue weighted by atomic mass is 16.6. The Bertz CT molecular complexity index is 867. The summed E-state index contributed by atoms with van der Waals surface area (Å²) >= 11 is 0. The number of ether oxygens (including phenoxy) is 2. The molecule has 1 fully saturated rings. The molecule has 1 aromatic heterocycles. The van der Waals surface area contributed by atoms with Crippen molar-refractivity contribution < 1.29 is 18.7 Å². The van der Waals surface area contributed by atoms with Crippen molar-refractivity contribution in [3.05, 3.63) is 40.2 Å². The van der Waals surface area contributed by atoms with Crippen LogP contribution in [0.3, 0.4) is 0 Å². The smallest absolute Gasteiger partial charge is 0.344 e. The van der Waals surface area contributed by atoms with E-state index in [-0.39, 0.29) is 18.7 Å². The number of benzene rings is 1. The van der Waals surface area contributed by atoms with Crippen LogP contribution in [0.4, 0.5) is 0 Å². The van der Waals surface area contributed by atoms with Crippen molar-refractivity contribution in [2.24, 2.45) is 17.8 Å². The number of rotatable bonds is 5. The van der Waals surface area contributed by atoms with Crippen LogP contribution in [0.1, 0.15) is 45.6 Å². The van der Waals surface area contributed by atoms with Crippen LogP contribution >= 0.6 is 0 Å². The van der Waals surface area contributed by atoms with Gasteiger partial charge in [-0.05, 0) is 55.2 Å². The summed E-state index contributed by atoms with van der Waals surface area (Å²) in [6.07, 6.45) is 3.16. The maximum absolute atomic E-state index is 12.3. The van der Waals surface area contributed by atoms with Gasteiger partial charge in [0, 0.05) is 17.5 Å². The molecule has 1 aliphatic rings. The van der Waals surface area contributed by atoms with E-state index in [9.17, 15) is 9.59 Å². The second-order valence-corrected chi connectivity index (χ2v) is 8.05. The third-order valence-electron chi connectivity index (χ3n) is 5.52. The second-order valence-electron chi connectivity index (χ2n) is 8.05. The molecule has 3 rings (SSSR count). The van der Waals surface area contributed by atoms with Crippen LogP contribution in [-0.2, 0) is 9.53 Å². The lowest BCUT2D eigenvalue weighted by molar-refractivity contribution is -0.158. The third-order valence-corrected chi connectivity index (χ3v) is 5.52. The van der Waals surface area contributed by atoms with Gasteiger partial charge < -0.3 is 13.9 Å². The molecule has 0 radical (unpaired) electrons. The standard InChI is InChI=1S/C22H28O5/c1-13(2)17-7-5-14(3)9-19(17)27-22(24)12-25-16-6-8-18-15(4)10-21(23)26-20(18)11-16/h6,8,10-11,13-14,17,19H,5,7,9,12H2,1-4H3. The first kappa shape index (κ1) is 19.5. The molecule has 1 aliphatic carbocycles. The van der Waals surface area contributed by atoms with Crippen LogP contribution in [0.15, 0.2) is 33.5 Å². The van der Waals surface area contributed by atoms with E-state index in [0.29, 0.717) is 29.1 Å². The van der Waals surface area contributed by atoms with E-state index in [4.69, 9.17) is 13.9 Å². The molecule has 2 aromatic rings. The zero-order valence-corrected chi connectivity index (χ0v) is 16.5. The van der Waals surface area contributed by atoms with Gasteiger partial charge >= 0.3 is 11.6 Å². The zero-order valence-electron chi connectivity index (χ0n) is 16.5. The Hall–Kier alpha value is -2.30. The Morgan fingerprint density at radius 3 is 2.78 bits per heavy atom. The molecule has 27 heavy (non-hydrogen) atoms. The van der Waals surface area contributed by atoms with Gasteiger partial charge in [0.15, 0.2) is 6.61 Å². The molecule has 0 N–H and O–H groups in total. The monoisotopic (exact) mass is 372 g/mol. The van der Waals surface area contributed by atoms with Crippen LogP contribution in [0, 0.1) is 24.7 Å². The van der Waals surface area contributed by atoms with Gasteiger partial charge in [0.05, 0.1) is 0 Å². The fraction of sp³-hybridized carbons (Fsp3) is 0.545. The van der Waals surface area contributed by atoms with E-state index in [2.05, 4.69) is 20.8 Å². The maximum atomic E-state index is 12.3. The van der Waals surface area contributed by atoms with Gasteiger partial charge in [-0.15, -0.1) is 0 Å². The molecule has 146 valence electrons. The third kappa shape index (κ3) is 4.71. The van der Waals surface area contributed by atoms with Crippen molar-refractivity contribution in [1.82, 2.24) is 0 Å². The Morgan fingerprint density at radius 1 is 1.26 bits per heavy atom. The Kier molecular flexibility index (Phi) is 5.88. The molecule has 1 aromatic carbocycles. The van der Waals surface area contributed by atoms with Crippen molar-refractivity contribution in [2.75, 3.05) is 6.61 Å². The van der Waals surface area contributed by atoms with Gasteiger partial charge in [-0.3, -0.25) is 0 Å². The molecule has 1 heterocycles. The lowest BCUT2D eigenvalue weighted by atomic mass is 9.75. The summed E-state index contributed by atoms with van der Waals surface area (Å²) in [6, 6.07) is 6.68. The molecule has 0 aliphatic heterocycles. The first-order valence-electron chi connectivity index (χ1n) is 9.70. The molecule has 3 unspecified atom stereocenters. The summed E-state index contributed by atoms with van der Waals surface area (Å²) in [6.45, 7) is 8.27. The first-order chi connectivity index (χ1) is 12.8. The highest BCUT2D eigenvalue weighted by molar-refractivity contribution is 5.81. The topological polar surface area (TPSA) is 65.7 Å². The number of hydrogen-bond acceptors (Lipinski definition) is 5. The minimum Gasteiger partial charge on any atom is -0.482 e. The number of carbonyl (C=O) groups excluding carboxylic acids is 1. The van der Waals surface area contributed by atoms with E-state index in [1.165, 1.54) is 12.5 Å². The molecule has 0 saturated heterocycles. The summed E-state index contributed by atoms with van der Waals surface area (Å²) in [5, 5.41) is 0.848. The summed E-state index contributed by atoms with van der Waals surface area (Å²) in [5.74, 6) is 1.59. The molecular weight excluding hydrogens is 344 g/mol. The van der Waals surface area contributed by atoms with Gasteiger partial charge in [0.2, 0.25) is 0 Å². The van der Waals surface area contributed by atoms with Gasteiger partial charge in [-0.1, -0.05) is 27.2 Å². The van der Waals surface area contributed by atoms with Crippen molar-refractivity contribution in [2.45, 2.75) is 53.1 Å². The predicted octanol–water partition coefficient (Wildman–Crippen LogP) is 4.48. The molecule has 3 atom stereocenters. The highest BCUT2D eigenvalue weighted by Crippen LogP contribution is 2.35. The van der Waals surface area contributed by atoms with Crippen molar-refractivity contribution in [1.29, 1.82) is 0 Å². The van der Waals surface area contributed by atoms with E-state index in [1.54, 1.807) is 12.1 Å². The van der Waals surface area contributed by atoms with E-state index < -0.39 is 5.63 Å². The normalized spacial score (nSPS) is 22.8. The summed E-state index contributed by atoms with van der Waals surface area (Å²) in [4.78, 5) is 23.8. The van der Waals surface area contributed by atoms with E-state index in [1.807, 2.05) is 13.0 Å². The van der Waals surface area contributed by atoms with Crippen LogP contribution in [0.25, 0.3) is 11.0 Å². The number of hydrogen-bond donors (Lipinski definition) is 0. The molecule has 0 spiro atoms. The number of carbonyl (C=O) groups is 1. The Balaban J connectivity index is 1.63. The lowest BCUT2D eigenvalue weighted by Gasteiger charge is -2.36. The predicted molar refractivity (Wildman–Crippen MR) is 104 cm³/mol. The Labute approximate surface area is 159 Å². The first-order valence-corrected chi connectivity index (χ1v) is 9.70. The van der Waals surface area contributed by atoms with Crippen molar-refractivity contribution in [3.8, 4) is 5.75 Å². The molecule has 1 saturated carbocycles. The minimum absolute atomic E-state index is 0.0397. The largest absolute Gasteiger partial charge is 0.482 e. The van der Waals surface area contributed by atoms with Gasteiger partial charge in [0.1, 0.15) is 17.4 Å². The van der Waals surface area contributed by atoms with E-state index in [0.717, 1.165) is 23.8 Å². The fourth-order valence-electron chi connectivity index (χ4n) is 3.99. The molecular formula is C22H28O5. The van der Waals surface area contributed by atoms with E-state index >= 15 is 0 Å². The maximum Gasteiger partial charge on any atom is 0.344 e. The SMILES string of the molecule is Cc1cc(=O)oc2cc(OCC(=O)OC3CC(C)CCC3C(C)C)ccc12. The van der Waals surface area contributed by atoms with Crippen LogP contribution in [-0.4, -0.2) is 18.7 Å². The Morgan fingerprint density at radius 2 is 2.04 bits per heavy atom. The fourth-order valence-corrected chi connectivity index (χ4v) is 3.99. The quantitative estimate of drug-likeness (QED) is 0.572.